The van der Waals surface area contributed by atoms with Gasteiger partial charge in [-0.1, -0.05) is 0 Å². The SMILES string of the molecule is CC(F)(F)COC(=O)C12CC3CC(O)(CC(O)(C3)C1)C2. The Hall–Kier alpha value is -0.750. The maximum atomic E-state index is 12.8. The summed E-state index contributed by atoms with van der Waals surface area (Å²) in [6.45, 7) is -0.254. The normalized spacial score (nSPS) is 46.5. The Morgan fingerprint density at radius 3 is 2.20 bits per heavy atom. The van der Waals surface area contributed by atoms with Crippen molar-refractivity contribution in [2.45, 2.75) is 62.6 Å². The Morgan fingerprint density at radius 2 is 1.75 bits per heavy atom. The molecule has 2 unspecified atom stereocenters. The van der Waals surface area contributed by atoms with Crippen LogP contribution >= 0.6 is 0 Å². The Bertz CT molecular complexity index is 427. The maximum Gasteiger partial charge on any atom is 0.312 e. The van der Waals surface area contributed by atoms with Gasteiger partial charge in [0.25, 0.3) is 5.92 Å². The average molecular weight is 290 g/mol. The van der Waals surface area contributed by atoms with Crippen LogP contribution < -0.4 is 0 Å². The summed E-state index contributed by atoms with van der Waals surface area (Å²) >= 11 is 0. The van der Waals surface area contributed by atoms with E-state index in [1.54, 1.807) is 0 Å². The summed E-state index contributed by atoms with van der Waals surface area (Å²) < 4.78 is 30.4. The molecule has 6 heteroatoms. The first kappa shape index (κ1) is 14.2. The second kappa shape index (κ2) is 3.91. The fourth-order valence-electron chi connectivity index (χ4n) is 4.91. The van der Waals surface area contributed by atoms with Gasteiger partial charge in [-0.05, 0) is 38.0 Å². The zero-order valence-electron chi connectivity index (χ0n) is 11.5. The summed E-state index contributed by atoms with van der Waals surface area (Å²) in [5.74, 6) is -3.69. The van der Waals surface area contributed by atoms with Gasteiger partial charge in [-0.3, -0.25) is 4.79 Å². The van der Waals surface area contributed by atoms with E-state index in [2.05, 4.69) is 0 Å². The zero-order valence-corrected chi connectivity index (χ0v) is 11.5. The first-order valence-corrected chi connectivity index (χ1v) is 7.03. The van der Waals surface area contributed by atoms with Crippen LogP contribution in [0, 0.1) is 11.3 Å². The van der Waals surface area contributed by atoms with Gasteiger partial charge in [-0.2, -0.15) is 0 Å². The predicted octanol–water partition coefficient (Wildman–Crippen LogP) is 1.63. The van der Waals surface area contributed by atoms with E-state index in [1.165, 1.54) is 0 Å². The minimum absolute atomic E-state index is 0.0657. The van der Waals surface area contributed by atoms with Crippen LogP contribution in [0.25, 0.3) is 0 Å². The number of hydrogen-bond acceptors (Lipinski definition) is 4. The highest BCUT2D eigenvalue weighted by Gasteiger charge is 2.65. The third-order valence-electron chi connectivity index (χ3n) is 4.90. The number of hydrogen-bond donors (Lipinski definition) is 2. The number of esters is 1. The van der Waals surface area contributed by atoms with Crippen molar-refractivity contribution in [1.82, 2.24) is 0 Å². The Kier molecular flexibility index (Phi) is 2.78. The summed E-state index contributed by atoms with van der Waals surface area (Å²) in [5, 5.41) is 21.0. The number of aliphatic hydroxyl groups is 2. The summed E-state index contributed by atoms with van der Waals surface area (Å²) in [6, 6.07) is 0. The van der Waals surface area contributed by atoms with Crippen LogP contribution in [0.3, 0.4) is 0 Å². The van der Waals surface area contributed by atoms with Gasteiger partial charge in [0.15, 0.2) is 6.61 Å². The van der Waals surface area contributed by atoms with Crippen LogP contribution in [0.2, 0.25) is 0 Å². The van der Waals surface area contributed by atoms with Gasteiger partial charge in [0, 0.05) is 13.3 Å². The van der Waals surface area contributed by atoms with Crippen molar-refractivity contribution < 1.29 is 28.5 Å². The summed E-state index contributed by atoms with van der Waals surface area (Å²) in [6.07, 6.45) is 2.38. The van der Waals surface area contributed by atoms with E-state index in [-0.39, 0.29) is 25.2 Å². The Balaban J connectivity index is 1.80. The van der Waals surface area contributed by atoms with Crippen molar-refractivity contribution in [2.75, 3.05) is 6.61 Å². The van der Waals surface area contributed by atoms with Gasteiger partial charge in [-0.15, -0.1) is 0 Å². The number of alkyl halides is 2. The second-order valence-electron chi connectivity index (χ2n) is 7.38. The third-order valence-corrected chi connectivity index (χ3v) is 4.90. The summed E-state index contributed by atoms with van der Waals surface area (Å²) in [7, 11) is 0. The summed E-state index contributed by atoms with van der Waals surface area (Å²) in [4.78, 5) is 12.2. The standard InChI is InChI=1S/C14H20F2O4/c1-11(15,16)8-20-10(17)12-2-9-3-13(18,5-12)7-14(19,4-9)6-12/h9,18-19H,2-8H2,1H3. The smallest absolute Gasteiger partial charge is 0.312 e. The number of carbonyl (C=O) groups excluding carboxylic acids is 1. The molecular weight excluding hydrogens is 270 g/mol. The number of carbonyl (C=O) groups is 1. The molecule has 0 heterocycles. The minimum atomic E-state index is -3.06. The number of halogens is 2. The van der Waals surface area contributed by atoms with E-state index in [4.69, 9.17) is 4.74 Å². The molecule has 4 bridgehead atoms. The van der Waals surface area contributed by atoms with E-state index in [0.717, 1.165) is 0 Å². The molecule has 4 saturated carbocycles. The molecule has 0 aromatic carbocycles. The van der Waals surface area contributed by atoms with Crippen LogP contribution in [0.4, 0.5) is 8.78 Å². The van der Waals surface area contributed by atoms with Crippen molar-refractivity contribution in [1.29, 1.82) is 0 Å². The molecule has 0 amide bonds. The van der Waals surface area contributed by atoms with Gasteiger partial charge in [0.2, 0.25) is 0 Å². The third kappa shape index (κ3) is 2.33. The van der Waals surface area contributed by atoms with Gasteiger partial charge >= 0.3 is 5.97 Å². The van der Waals surface area contributed by atoms with Crippen LogP contribution in [-0.4, -0.2) is 39.9 Å². The summed E-state index contributed by atoms with van der Waals surface area (Å²) in [5.41, 5.74) is -3.10. The molecule has 0 aromatic rings. The van der Waals surface area contributed by atoms with E-state index < -0.39 is 35.1 Å². The Labute approximate surface area is 116 Å². The molecule has 20 heavy (non-hydrogen) atoms. The lowest BCUT2D eigenvalue weighted by Crippen LogP contribution is -2.65. The van der Waals surface area contributed by atoms with E-state index >= 15 is 0 Å². The molecule has 2 atom stereocenters. The number of ether oxygens (including phenoxy) is 1. The highest BCUT2D eigenvalue weighted by atomic mass is 19.3. The van der Waals surface area contributed by atoms with E-state index in [0.29, 0.717) is 26.2 Å². The molecule has 0 radical (unpaired) electrons. The lowest BCUT2D eigenvalue weighted by atomic mass is 9.46. The quantitative estimate of drug-likeness (QED) is 0.775. The highest BCUT2D eigenvalue weighted by Crippen LogP contribution is 2.63. The molecule has 0 aromatic heterocycles. The molecular formula is C14H20F2O4. The van der Waals surface area contributed by atoms with E-state index in [9.17, 15) is 23.8 Å². The molecule has 2 N–H and O–H groups in total. The van der Waals surface area contributed by atoms with Gasteiger partial charge in [0.05, 0.1) is 16.6 Å². The van der Waals surface area contributed by atoms with Crippen molar-refractivity contribution in [2.24, 2.45) is 11.3 Å². The molecule has 4 nitrogen and oxygen atoms in total. The molecule has 0 spiro atoms. The lowest BCUT2D eigenvalue weighted by Gasteiger charge is -2.61. The predicted molar refractivity (Wildman–Crippen MR) is 65.1 cm³/mol. The largest absolute Gasteiger partial charge is 0.459 e. The lowest BCUT2D eigenvalue weighted by molar-refractivity contribution is -0.239. The van der Waals surface area contributed by atoms with Crippen molar-refractivity contribution in [3.05, 3.63) is 0 Å². The fourth-order valence-corrected chi connectivity index (χ4v) is 4.91. The molecule has 114 valence electrons. The van der Waals surface area contributed by atoms with Crippen LogP contribution in [0.15, 0.2) is 0 Å². The van der Waals surface area contributed by atoms with Gasteiger partial charge in [0.1, 0.15) is 0 Å². The molecule has 4 aliphatic rings. The highest BCUT2D eigenvalue weighted by molar-refractivity contribution is 5.78. The van der Waals surface area contributed by atoms with Crippen molar-refractivity contribution in [3.63, 3.8) is 0 Å². The van der Waals surface area contributed by atoms with Crippen LogP contribution in [-0.2, 0) is 9.53 Å². The van der Waals surface area contributed by atoms with Crippen LogP contribution in [0.5, 0.6) is 0 Å². The first-order chi connectivity index (χ1) is 9.03. The van der Waals surface area contributed by atoms with Crippen LogP contribution in [0.1, 0.15) is 45.4 Å². The molecule has 4 aliphatic carbocycles. The van der Waals surface area contributed by atoms with E-state index in [1.807, 2.05) is 0 Å². The Morgan fingerprint density at radius 1 is 1.20 bits per heavy atom. The zero-order chi connectivity index (χ0) is 14.8. The fraction of sp³-hybridized carbons (Fsp3) is 0.929. The second-order valence-corrected chi connectivity index (χ2v) is 7.38. The molecule has 4 fully saturated rings. The average Bonchev–Trinajstić information content (AvgIpc) is 2.19. The maximum absolute atomic E-state index is 12.8. The minimum Gasteiger partial charge on any atom is -0.459 e. The monoisotopic (exact) mass is 290 g/mol. The number of rotatable bonds is 3. The van der Waals surface area contributed by atoms with Gasteiger partial charge in [-0.25, -0.2) is 8.78 Å². The molecule has 0 saturated heterocycles. The topological polar surface area (TPSA) is 66.8 Å². The van der Waals surface area contributed by atoms with Gasteiger partial charge < -0.3 is 14.9 Å². The van der Waals surface area contributed by atoms with Crippen molar-refractivity contribution in [3.8, 4) is 0 Å². The molecule has 0 aliphatic heterocycles. The van der Waals surface area contributed by atoms with Crippen molar-refractivity contribution >= 4 is 5.97 Å². The molecule has 4 rings (SSSR count). The first-order valence-electron chi connectivity index (χ1n) is 7.03.